The van der Waals surface area contributed by atoms with E-state index in [1.807, 2.05) is 47.8 Å². The van der Waals surface area contributed by atoms with Crippen molar-refractivity contribution in [2.24, 2.45) is 5.14 Å². The molecule has 2 aromatic carbocycles. The van der Waals surface area contributed by atoms with Gasteiger partial charge >= 0.3 is 0 Å². The van der Waals surface area contributed by atoms with Crippen LogP contribution in [-0.2, 0) is 16.6 Å². The van der Waals surface area contributed by atoms with E-state index in [9.17, 15) is 8.42 Å². The first kappa shape index (κ1) is 20.0. The first-order valence-electron chi connectivity index (χ1n) is 8.93. The van der Waals surface area contributed by atoms with Gasteiger partial charge in [-0.2, -0.15) is 5.21 Å². The Morgan fingerprint density at radius 2 is 1.97 bits per heavy atom. The second-order valence-electron chi connectivity index (χ2n) is 6.47. The summed E-state index contributed by atoms with van der Waals surface area (Å²) in [6.45, 7) is 0.561. The maximum Gasteiger partial charge on any atom is 0.240 e. The van der Waals surface area contributed by atoms with E-state index >= 15 is 0 Å². The summed E-state index contributed by atoms with van der Waals surface area (Å²) in [5, 5.41) is 24.9. The van der Waals surface area contributed by atoms with E-state index in [1.54, 1.807) is 29.4 Å². The van der Waals surface area contributed by atoms with Gasteiger partial charge in [0.05, 0.1) is 5.69 Å². The monoisotopic (exact) mass is 441 g/mol. The van der Waals surface area contributed by atoms with Gasteiger partial charge in [-0.25, -0.2) is 13.6 Å². The molecular formula is C19H19N7O2S2. The van der Waals surface area contributed by atoms with Crippen LogP contribution >= 0.6 is 11.3 Å². The molecule has 0 saturated heterocycles. The number of benzene rings is 2. The summed E-state index contributed by atoms with van der Waals surface area (Å²) < 4.78 is 24.9. The fraction of sp³-hybridized carbons (Fsp3) is 0.105. The van der Waals surface area contributed by atoms with Crippen LogP contribution in [0.1, 0.15) is 4.88 Å². The molecule has 0 amide bonds. The Labute approximate surface area is 177 Å². The minimum atomic E-state index is -4.03. The zero-order chi connectivity index (χ0) is 21.1. The van der Waals surface area contributed by atoms with Gasteiger partial charge in [-0.05, 0) is 40.9 Å². The van der Waals surface area contributed by atoms with Gasteiger partial charge in [0, 0.05) is 35.4 Å². The molecule has 0 aliphatic heterocycles. The van der Waals surface area contributed by atoms with Crippen LogP contribution in [0.25, 0.3) is 11.4 Å². The van der Waals surface area contributed by atoms with Gasteiger partial charge < -0.3 is 10.2 Å². The fourth-order valence-corrected chi connectivity index (χ4v) is 4.47. The van der Waals surface area contributed by atoms with Gasteiger partial charge in [0.15, 0.2) is 0 Å². The third kappa shape index (κ3) is 4.17. The molecule has 0 bridgehead atoms. The molecule has 0 aliphatic rings. The maximum atomic E-state index is 12.4. The predicted molar refractivity (Wildman–Crippen MR) is 117 cm³/mol. The summed E-state index contributed by atoms with van der Waals surface area (Å²) in [6, 6.07) is 16.6. The summed E-state index contributed by atoms with van der Waals surface area (Å²) in [4.78, 5) is 2.87. The second kappa shape index (κ2) is 8.22. The van der Waals surface area contributed by atoms with E-state index in [4.69, 9.17) is 5.14 Å². The minimum Gasteiger partial charge on any atom is -0.379 e. The molecule has 0 saturated carbocycles. The minimum absolute atomic E-state index is 0.0321. The van der Waals surface area contributed by atoms with Gasteiger partial charge in [-0.1, -0.05) is 24.3 Å². The van der Waals surface area contributed by atoms with E-state index in [0.29, 0.717) is 23.5 Å². The number of primary sulfonamides is 1. The highest BCUT2D eigenvalue weighted by molar-refractivity contribution is 7.89. The first-order valence-corrected chi connectivity index (χ1v) is 11.4. The van der Waals surface area contributed by atoms with E-state index in [-0.39, 0.29) is 10.7 Å². The Bertz CT molecular complexity index is 1230. The van der Waals surface area contributed by atoms with Crippen LogP contribution in [0, 0.1) is 0 Å². The number of rotatable bonds is 7. The van der Waals surface area contributed by atoms with Crippen molar-refractivity contribution in [1.82, 2.24) is 20.6 Å². The fourth-order valence-electron chi connectivity index (χ4n) is 3.05. The Morgan fingerprint density at radius 3 is 2.60 bits per heavy atom. The maximum absolute atomic E-state index is 12.4. The molecule has 2 aromatic heterocycles. The lowest BCUT2D eigenvalue weighted by Gasteiger charge is -2.24. The number of H-pyrrole nitrogens is 1. The SMILES string of the molecule is CN(c1ccccc1)c1cc(NCc2cccs2)c(-c2nn[nH]n2)cc1S(N)(=O)=O. The van der Waals surface area contributed by atoms with Crippen molar-refractivity contribution >= 4 is 38.4 Å². The molecule has 4 N–H and O–H groups in total. The number of para-hydroxylation sites is 1. The lowest BCUT2D eigenvalue weighted by atomic mass is 10.1. The van der Waals surface area contributed by atoms with Crippen LogP contribution in [0.5, 0.6) is 0 Å². The number of nitrogens with zero attached hydrogens (tertiary/aromatic N) is 4. The molecule has 4 rings (SSSR count). The van der Waals surface area contributed by atoms with Gasteiger partial charge in [0.25, 0.3) is 0 Å². The van der Waals surface area contributed by atoms with Crippen molar-refractivity contribution in [2.45, 2.75) is 11.4 Å². The highest BCUT2D eigenvalue weighted by atomic mass is 32.2. The summed E-state index contributed by atoms with van der Waals surface area (Å²) in [6.07, 6.45) is 0. The number of hydrogen-bond donors (Lipinski definition) is 3. The Balaban J connectivity index is 1.86. The molecule has 2 heterocycles. The lowest BCUT2D eigenvalue weighted by molar-refractivity contribution is 0.598. The zero-order valence-corrected chi connectivity index (χ0v) is 17.6. The Kier molecular flexibility index (Phi) is 5.48. The smallest absolute Gasteiger partial charge is 0.240 e. The molecule has 4 aromatic rings. The lowest BCUT2D eigenvalue weighted by Crippen LogP contribution is -2.19. The normalized spacial score (nSPS) is 11.4. The molecule has 0 aliphatic carbocycles. The number of hydrogen-bond acceptors (Lipinski definition) is 8. The number of nitrogens with one attached hydrogen (secondary N) is 2. The molecule has 30 heavy (non-hydrogen) atoms. The van der Waals surface area contributed by atoms with Crippen LogP contribution < -0.4 is 15.4 Å². The molecule has 0 unspecified atom stereocenters. The molecule has 0 fully saturated rings. The number of aromatic nitrogens is 4. The molecular weight excluding hydrogens is 422 g/mol. The average Bonchev–Trinajstić information content (AvgIpc) is 3.45. The number of aromatic amines is 1. The Hall–Kier alpha value is -3.28. The molecule has 9 nitrogen and oxygen atoms in total. The van der Waals surface area contributed by atoms with Crippen molar-refractivity contribution in [3.05, 3.63) is 64.9 Å². The highest BCUT2D eigenvalue weighted by Crippen LogP contribution is 2.37. The van der Waals surface area contributed by atoms with Gasteiger partial charge in [-0.3, -0.25) is 0 Å². The van der Waals surface area contributed by atoms with E-state index in [2.05, 4.69) is 25.9 Å². The Morgan fingerprint density at radius 1 is 1.17 bits per heavy atom. The van der Waals surface area contributed by atoms with Crippen LogP contribution in [0.15, 0.2) is 64.9 Å². The largest absolute Gasteiger partial charge is 0.379 e. The van der Waals surface area contributed by atoms with Gasteiger partial charge in [0.1, 0.15) is 4.90 Å². The second-order valence-corrected chi connectivity index (χ2v) is 9.04. The molecule has 0 spiro atoms. The number of anilines is 3. The quantitative estimate of drug-likeness (QED) is 0.402. The van der Waals surface area contributed by atoms with Crippen LogP contribution in [0.3, 0.4) is 0 Å². The zero-order valence-electron chi connectivity index (χ0n) is 16.0. The van der Waals surface area contributed by atoms with Crippen molar-refractivity contribution in [3.8, 4) is 11.4 Å². The third-order valence-corrected chi connectivity index (χ3v) is 6.35. The summed E-state index contributed by atoms with van der Waals surface area (Å²) in [7, 11) is -2.24. The number of tetrazole rings is 1. The first-order chi connectivity index (χ1) is 14.4. The van der Waals surface area contributed by atoms with Crippen molar-refractivity contribution < 1.29 is 8.42 Å². The summed E-state index contributed by atoms with van der Waals surface area (Å²) >= 11 is 1.62. The summed E-state index contributed by atoms with van der Waals surface area (Å²) in [5.74, 6) is 0.266. The molecule has 154 valence electrons. The molecule has 11 heteroatoms. The topological polar surface area (TPSA) is 130 Å². The van der Waals surface area contributed by atoms with E-state index in [1.165, 1.54) is 6.07 Å². The van der Waals surface area contributed by atoms with E-state index in [0.717, 1.165) is 10.6 Å². The summed E-state index contributed by atoms with van der Waals surface area (Å²) in [5.41, 5.74) is 2.40. The van der Waals surface area contributed by atoms with Crippen molar-refractivity contribution in [2.75, 3.05) is 17.3 Å². The predicted octanol–water partition coefficient (Wildman–Crippen LogP) is 2.96. The van der Waals surface area contributed by atoms with Gasteiger partial charge in [0.2, 0.25) is 15.8 Å². The van der Waals surface area contributed by atoms with E-state index < -0.39 is 10.0 Å². The standard InChI is InChI=1S/C19H19N7O2S2/c1-26(13-6-3-2-4-7-13)17-11-16(21-12-14-8-5-9-29-14)15(19-22-24-25-23-19)10-18(17)30(20,27)28/h2-11,21H,12H2,1H3,(H2,20,27,28)(H,22,23,24,25). The van der Waals surface area contributed by atoms with Crippen molar-refractivity contribution in [3.63, 3.8) is 0 Å². The third-order valence-electron chi connectivity index (χ3n) is 4.53. The molecule has 0 atom stereocenters. The number of nitrogens with two attached hydrogens (primary N) is 1. The average molecular weight is 442 g/mol. The van der Waals surface area contributed by atoms with Crippen LogP contribution in [-0.4, -0.2) is 36.1 Å². The number of thiophene rings is 1. The number of sulfonamides is 1. The van der Waals surface area contributed by atoms with Gasteiger partial charge in [-0.15, -0.1) is 21.5 Å². The van der Waals surface area contributed by atoms with Crippen LogP contribution in [0.4, 0.5) is 17.1 Å². The molecule has 0 radical (unpaired) electrons. The van der Waals surface area contributed by atoms with Crippen molar-refractivity contribution in [1.29, 1.82) is 0 Å². The van der Waals surface area contributed by atoms with Crippen LogP contribution in [0.2, 0.25) is 0 Å². The highest BCUT2D eigenvalue weighted by Gasteiger charge is 2.23.